The van der Waals surface area contributed by atoms with Crippen molar-refractivity contribution in [3.8, 4) is 11.5 Å². The quantitative estimate of drug-likeness (QED) is 0.852. The number of benzene rings is 1. The molecule has 0 spiro atoms. The standard InChI is InChI=1S/C13H21NO3/c1-13(2,15)9-17-11-7-6-10(14(3)4)8-12(11)16-5/h6-8,15H,9H2,1-5H3. The summed E-state index contributed by atoms with van der Waals surface area (Å²) in [5, 5.41) is 9.61. The minimum Gasteiger partial charge on any atom is -0.493 e. The molecule has 0 aliphatic heterocycles. The van der Waals surface area contributed by atoms with E-state index < -0.39 is 5.60 Å². The molecule has 4 nitrogen and oxygen atoms in total. The van der Waals surface area contributed by atoms with E-state index in [1.807, 2.05) is 37.2 Å². The summed E-state index contributed by atoms with van der Waals surface area (Å²) in [6, 6.07) is 5.70. The number of nitrogens with zero attached hydrogens (tertiary/aromatic N) is 1. The fraction of sp³-hybridized carbons (Fsp3) is 0.538. The highest BCUT2D eigenvalue weighted by molar-refractivity contribution is 5.55. The van der Waals surface area contributed by atoms with Crippen LogP contribution in [0.3, 0.4) is 0 Å². The summed E-state index contributed by atoms with van der Waals surface area (Å²) in [6.45, 7) is 3.63. The third kappa shape index (κ3) is 4.15. The largest absolute Gasteiger partial charge is 0.493 e. The van der Waals surface area contributed by atoms with E-state index in [1.165, 1.54) is 0 Å². The highest BCUT2D eigenvalue weighted by Gasteiger charge is 2.15. The Morgan fingerprint density at radius 1 is 1.24 bits per heavy atom. The minimum absolute atomic E-state index is 0.227. The zero-order valence-corrected chi connectivity index (χ0v) is 11.2. The van der Waals surface area contributed by atoms with Crippen molar-refractivity contribution in [2.24, 2.45) is 0 Å². The summed E-state index contributed by atoms with van der Waals surface area (Å²) in [5.41, 5.74) is 0.183. The van der Waals surface area contributed by atoms with E-state index in [4.69, 9.17) is 9.47 Å². The molecule has 1 rings (SSSR count). The molecule has 0 radical (unpaired) electrons. The summed E-state index contributed by atoms with van der Waals surface area (Å²) in [4.78, 5) is 1.99. The summed E-state index contributed by atoms with van der Waals surface area (Å²) >= 11 is 0. The molecule has 0 unspecified atom stereocenters. The monoisotopic (exact) mass is 239 g/mol. The first-order valence-electron chi connectivity index (χ1n) is 5.54. The third-order valence-corrected chi connectivity index (χ3v) is 2.24. The van der Waals surface area contributed by atoms with Crippen molar-refractivity contribution in [3.63, 3.8) is 0 Å². The van der Waals surface area contributed by atoms with Gasteiger partial charge in [-0.25, -0.2) is 0 Å². The van der Waals surface area contributed by atoms with Crippen LogP contribution in [0.25, 0.3) is 0 Å². The van der Waals surface area contributed by atoms with Gasteiger partial charge in [0.1, 0.15) is 6.61 Å². The van der Waals surface area contributed by atoms with E-state index in [-0.39, 0.29) is 6.61 Å². The number of hydrogen-bond donors (Lipinski definition) is 1. The molecule has 0 aliphatic rings. The molecule has 0 aromatic heterocycles. The van der Waals surface area contributed by atoms with Crippen molar-refractivity contribution in [1.29, 1.82) is 0 Å². The van der Waals surface area contributed by atoms with E-state index in [0.717, 1.165) is 5.69 Å². The van der Waals surface area contributed by atoms with Crippen LogP contribution in [0.4, 0.5) is 5.69 Å². The lowest BCUT2D eigenvalue weighted by Crippen LogP contribution is -2.28. The molecule has 4 heteroatoms. The van der Waals surface area contributed by atoms with Gasteiger partial charge < -0.3 is 19.5 Å². The van der Waals surface area contributed by atoms with Crippen molar-refractivity contribution in [2.45, 2.75) is 19.4 Å². The van der Waals surface area contributed by atoms with E-state index >= 15 is 0 Å². The topological polar surface area (TPSA) is 41.9 Å². The molecule has 0 bridgehead atoms. The van der Waals surface area contributed by atoms with E-state index in [1.54, 1.807) is 21.0 Å². The average molecular weight is 239 g/mol. The Bertz CT molecular complexity index is 369. The fourth-order valence-electron chi connectivity index (χ4n) is 1.31. The second-order valence-corrected chi connectivity index (χ2v) is 4.83. The second-order valence-electron chi connectivity index (χ2n) is 4.83. The zero-order valence-electron chi connectivity index (χ0n) is 11.2. The van der Waals surface area contributed by atoms with Gasteiger partial charge in [0.15, 0.2) is 11.5 Å². The number of hydrogen-bond acceptors (Lipinski definition) is 4. The Morgan fingerprint density at radius 3 is 2.35 bits per heavy atom. The smallest absolute Gasteiger partial charge is 0.162 e. The molecule has 0 amide bonds. The Balaban J connectivity index is 2.86. The molecule has 0 aliphatic carbocycles. The SMILES string of the molecule is COc1cc(N(C)C)ccc1OCC(C)(C)O. The first-order chi connectivity index (χ1) is 7.83. The van der Waals surface area contributed by atoms with Crippen LogP contribution >= 0.6 is 0 Å². The van der Waals surface area contributed by atoms with Crippen LogP contribution in [0, 0.1) is 0 Å². The molecule has 17 heavy (non-hydrogen) atoms. The predicted molar refractivity (Wildman–Crippen MR) is 69.1 cm³/mol. The van der Waals surface area contributed by atoms with Gasteiger partial charge in [0.05, 0.1) is 12.7 Å². The molecule has 0 fully saturated rings. The van der Waals surface area contributed by atoms with Gasteiger partial charge in [-0.05, 0) is 26.0 Å². The number of anilines is 1. The van der Waals surface area contributed by atoms with Gasteiger partial charge in [0.2, 0.25) is 0 Å². The van der Waals surface area contributed by atoms with Gasteiger partial charge in [-0.3, -0.25) is 0 Å². The molecule has 96 valence electrons. The fourth-order valence-corrected chi connectivity index (χ4v) is 1.31. The van der Waals surface area contributed by atoms with Gasteiger partial charge in [0.25, 0.3) is 0 Å². The number of aliphatic hydroxyl groups is 1. The van der Waals surface area contributed by atoms with E-state index in [9.17, 15) is 5.11 Å². The van der Waals surface area contributed by atoms with Crippen LogP contribution in [-0.4, -0.2) is 38.5 Å². The summed E-state index contributed by atoms with van der Waals surface area (Å²) < 4.78 is 10.8. The molecule has 0 atom stereocenters. The Hall–Kier alpha value is -1.42. The molecule has 0 saturated carbocycles. The number of rotatable bonds is 5. The molecule has 1 N–H and O–H groups in total. The maximum atomic E-state index is 9.61. The lowest BCUT2D eigenvalue weighted by atomic mass is 10.2. The van der Waals surface area contributed by atoms with Crippen molar-refractivity contribution < 1.29 is 14.6 Å². The van der Waals surface area contributed by atoms with Crippen molar-refractivity contribution in [2.75, 3.05) is 32.7 Å². The van der Waals surface area contributed by atoms with Crippen LogP contribution in [0.5, 0.6) is 11.5 Å². The Labute approximate surface area is 103 Å². The number of methoxy groups -OCH3 is 1. The summed E-state index contributed by atoms with van der Waals surface area (Å²) in [5.74, 6) is 1.31. The van der Waals surface area contributed by atoms with Crippen molar-refractivity contribution >= 4 is 5.69 Å². The first kappa shape index (κ1) is 13.6. The number of ether oxygens (including phenoxy) is 2. The first-order valence-corrected chi connectivity index (χ1v) is 5.54. The molecule has 0 saturated heterocycles. The van der Waals surface area contributed by atoms with Crippen LogP contribution < -0.4 is 14.4 Å². The van der Waals surface area contributed by atoms with E-state index in [2.05, 4.69) is 0 Å². The van der Waals surface area contributed by atoms with Crippen LogP contribution in [0.2, 0.25) is 0 Å². The second kappa shape index (κ2) is 5.27. The summed E-state index contributed by atoms with van der Waals surface area (Å²) in [7, 11) is 5.53. The average Bonchev–Trinajstić information content (AvgIpc) is 2.24. The van der Waals surface area contributed by atoms with Gasteiger partial charge >= 0.3 is 0 Å². The molecule has 0 heterocycles. The zero-order chi connectivity index (χ0) is 13.1. The molecule has 1 aromatic rings. The van der Waals surface area contributed by atoms with Crippen LogP contribution in [-0.2, 0) is 0 Å². The van der Waals surface area contributed by atoms with Gasteiger partial charge in [0, 0.05) is 25.8 Å². The third-order valence-electron chi connectivity index (χ3n) is 2.24. The van der Waals surface area contributed by atoms with Gasteiger partial charge in [-0.2, -0.15) is 0 Å². The van der Waals surface area contributed by atoms with Gasteiger partial charge in [-0.15, -0.1) is 0 Å². The lowest BCUT2D eigenvalue weighted by molar-refractivity contribution is 0.0276. The predicted octanol–water partition coefficient (Wildman–Crippen LogP) is 1.91. The maximum absolute atomic E-state index is 9.61. The molecular weight excluding hydrogens is 218 g/mol. The molecular formula is C13H21NO3. The van der Waals surface area contributed by atoms with Crippen LogP contribution in [0.1, 0.15) is 13.8 Å². The maximum Gasteiger partial charge on any atom is 0.162 e. The molecule has 1 aromatic carbocycles. The Morgan fingerprint density at radius 2 is 1.88 bits per heavy atom. The lowest BCUT2D eigenvalue weighted by Gasteiger charge is -2.20. The van der Waals surface area contributed by atoms with Gasteiger partial charge in [-0.1, -0.05) is 0 Å². The highest BCUT2D eigenvalue weighted by atomic mass is 16.5. The van der Waals surface area contributed by atoms with E-state index in [0.29, 0.717) is 11.5 Å². The van der Waals surface area contributed by atoms with Crippen molar-refractivity contribution in [3.05, 3.63) is 18.2 Å². The normalized spacial score (nSPS) is 11.2. The van der Waals surface area contributed by atoms with Crippen LogP contribution in [0.15, 0.2) is 18.2 Å². The highest BCUT2D eigenvalue weighted by Crippen LogP contribution is 2.31. The Kier molecular flexibility index (Phi) is 4.23. The summed E-state index contributed by atoms with van der Waals surface area (Å²) in [6.07, 6.45) is 0. The van der Waals surface area contributed by atoms with Crippen molar-refractivity contribution in [1.82, 2.24) is 0 Å². The minimum atomic E-state index is -0.856.